The second kappa shape index (κ2) is 21.6. The number of hydrogen-bond donors (Lipinski definition) is 0. The lowest BCUT2D eigenvalue weighted by atomic mass is 9.75. The number of esters is 4. The maximum atomic E-state index is 16.0. The molecular formula is C66H38F6O12S2. The Morgan fingerprint density at radius 3 is 1.22 bits per heavy atom. The van der Waals surface area contributed by atoms with Crippen molar-refractivity contribution in [1.82, 2.24) is 0 Å². The Kier molecular flexibility index (Phi) is 14.2. The molecule has 428 valence electrons. The molecule has 12 rings (SSSR count). The van der Waals surface area contributed by atoms with E-state index in [0.717, 1.165) is 53.0 Å². The summed E-state index contributed by atoms with van der Waals surface area (Å²) in [4.78, 5) is 119. The number of ketones is 4. The van der Waals surface area contributed by atoms with Crippen molar-refractivity contribution in [3.8, 4) is 0 Å². The molecule has 0 N–H and O–H groups in total. The summed E-state index contributed by atoms with van der Waals surface area (Å²) in [5, 5.41) is 0. The van der Waals surface area contributed by atoms with Crippen molar-refractivity contribution in [2.45, 2.75) is 44.2 Å². The van der Waals surface area contributed by atoms with Gasteiger partial charge in [-0.2, -0.15) is 26.3 Å². The van der Waals surface area contributed by atoms with Crippen molar-refractivity contribution in [2.24, 2.45) is 5.41 Å². The van der Waals surface area contributed by atoms with E-state index in [9.17, 15) is 45.5 Å². The largest absolute Gasteiger partial charge is 0.459 e. The van der Waals surface area contributed by atoms with Crippen LogP contribution in [0.5, 0.6) is 0 Å². The molecule has 0 spiro atoms. The summed E-state index contributed by atoms with van der Waals surface area (Å²) < 4.78 is 109. The number of allylic oxidation sites excluding steroid dienone is 4. The molecule has 0 saturated carbocycles. The smallest absolute Gasteiger partial charge is 0.416 e. The Morgan fingerprint density at radius 2 is 0.826 bits per heavy atom. The van der Waals surface area contributed by atoms with Crippen LogP contribution in [-0.4, -0.2) is 47.0 Å². The molecule has 4 aliphatic carbocycles. The number of rotatable bonds is 14. The van der Waals surface area contributed by atoms with E-state index >= 15 is 19.2 Å². The summed E-state index contributed by atoms with van der Waals surface area (Å²) in [6.07, 6.45) is -6.47. The van der Waals surface area contributed by atoms with Crippen molar-refractivity contribution >= 4 is 102 Å². The molecule has 0 radical (unpaired) electrons. The van der Waals surface area contributed by atoms with Crippen molar-refractivity contribution in [3.05, 3.63) is 258 Å². The van der Waals surface area contributed by atoms with Crippen molar-refractivity contribution in [3.63, 3.8) is 0 Å². The van der Waals surface area contributed by atoms with Crippen LogP contribution in [0, 0.1) is 5.41 Å². The van der Waals surface area contributed by atoms with E-state index in [1.165, 1.54) is 12.1 Å². The Morgan fingerprint density at radius 1 is 0.442 bits per heavy atom. The lowest BCUT2D eigenvalue weighted by Crippen LogP contribution is -2.46. The number of benzene rings is 6. The standard InChI is InChI=1S/C66H38F6O12S2/c67-65(68,69)39-21-23-43-45(25-39)53(73)55(75)47(43)27-41-28-49-51(63(41,59(77)81-31-35-13-5-1-6-14-35)60(78)82-32-36-15-7-2-8-16-36)58-52(64(49,61(79)83-33-37-17-9-3-10-18-37)62(80)84-34-38-19-11-4-12-20-38)57-50(86-58)30-42(85-57)29-48-44-24-22-40(66(70,71)72)26-46(44)54(74)56(48)76/h1-30H,31-34H2/b47-27-,48-29-. The van der Waals surface area contributed by atoms with Crippen LogP contribution in [-0.2, 0) is 91.9 Å². The molecule has 4 aliphatic rings. The number of alkyl halides is 6. The topological polar surface area (TPSA) is 173 Å². The zero-order chi connectivity index (χ0) is 60.5. The molecule has 0 aliphatic heterocycles. The first-order valence-electron chi connectivity index (χ1n) is 26.1. The van der Waals surface area contributed by atoms with Gasteiger partial charge in [0.1, 0.15) is 26.4 Å². The van der Waals surface area contributed by atoms with Crippen LogP contribution in [0.25, 0.3) is 32.2 Å². The summed E-state index contributed by atoms with van der Waals surface area (Å²) in [5.74, 6) is -10.4. The molecule has 20 heteroatoms. The van der Waals surface area contributed by atoms with Gasteiger partial charge >= 0.3 is 36.2 Å². The van der Waals surface area contributed by atoms with Gasteiger partial charge in [0, 0.05) is 47.9 Å². The molecule has 0 bridgehead atoms. The number of ether oxygens (including phenoxy) is 4. The summed E-state index contributed by atoms with van der Waals surface area (Å²) in [6, 6.07) is 38.8. The minimum absolute atomic E-state index is 0.0931. The first-order valence-corrected chi connectivity index (χ1v) is 27.8. The zero-order valence-electron chi connectivity index (χ0n) is 44.1. The van der Waals surface area contributed by atoms with Gasteiger partial charge in [-0.15, -0.1) is 22.7 Å². The van der Waals surface area contributed by atoms with Crippen LogP contribution in [0.1, 0.15) is 80.5 Å². The third-order valence-corrected chi connectivity index (χ3v) is 17.5. The predicted octanol–water partition coefficient (Wildman–Crippen LogP) is 13.1. The second-order valence-corrected chi connectivity index (χ2v) is 22.4. The highest BCUT2D eigenvalue weighted by atomic mass is 32.1. The van der Waals surface area contributed by atoms with Gasteiger partial charge in [0.2, 0.25) is 34.0 Å². The SMILES string of the molecule is O=C1C(=O)c2cc(C(F)(F)F)ccc2/C1=C/C1=CC2=C(c3sc4cc(/C=C5\C(=O)C(=O)c6cc(C(F)(F)F)ccc65)sc4c3C2(C(=O)OCc2ccccc2)C(=O)OCc2ccccc2)C1(C(=O)OCc1ccccc1)C(=O)OCc1ccccc1. The quantitative estimate of drug-likeness (QED) is 0.0252. The molecule has 0 atom stereocenters. The third kappa shape index (κ3) is 9.50. The monoisotopic (exact) mass is 1200 g/mol. The minimum atomic E-state index is -4.95. The molecule has 2 aromatic heterocycles. The number of halogens is 6. The van der Waals surface area contributed by atoms with Gasteiger partial charge < -0.3 is 18.9 Å². The fraction of sp³-hybridized carbons (Fsp3) is 0.121. The first-order chi connectivity index (χ1) is 41.2. The Labute approximate surface area is 490 Å². The number of carbonyl (C=O) groups is 8. The molecule has 6 aromatic carbocycles. The third-order valence-electron chi connectivity index (χ3n) is 15.1. The van der Waals surface area contributed by atoms with Gasteiger partial charge in [0.05, 0.1) is 15.8 Å². The van der Waals surface area contributed by atoms with Crippen LogP contribution in [0.3, 0.4) is 0 Å². The van der Waals surface area contributed by atoms with Crippen LogP contribution in [0.4, 0.5) is 26.3 Å². The van der Waals surface area contributed by atoms with Crippen molar-refractivity contribution in [2.75, 3.05) is 0 Å². The lowest BCUT2D eigenvalue weighted by molar-refractivity contribution is -0.167. The summed E-state index contributed by atoms with van der Waals surface area (Å²) in [7, 11) is 0. The van der Waals surface area contributed by atoms with Crippen molar-refractivity contribution in [1.29, 1.82) is 0 Å². The van der Waals surface area contributed by atoms with E-state index < -0.39 is 141 Å². The van der Waals surface area contributed by atoms with Crippen molar-refractivity contribution < 1.29 is 83.6 Å². The predicted molar refractivity (Wildman–Crippen MR) is 301 cm³/mol. The highest BCUT2D eigenvalue weighted by molar-refractivity contribution is 7.29. The van der Waals surface area contributed by atoms with E-state index in [1.54, 1.807) is 121 Å². The maximum Gasteiger partial charge on any atom is 0.416 e. The number of hydrogen-bond acceptors (Lipinski definition) is 14. The second-order valence-electron chi connectivity index (χ2n) is 20.2. The minimum Gasteiger partial charge on any atom is -0.459 e. The van der Waals surface area contributed by atoms with E-state index in [2.05, 4.69) is 0 Å². The molecule has 0 unspecified atom stereocenters. The van der Waals surface area contributed by atoms with Crippen LogP contribution in [0.15, 0.2) is 187 Å². The van der Waals surface area contributed by atoms with Crippen LogP contribution < -0.4 is 0 Å². The van der Waals surface area contributed by atoms with Crippen LogP contribution >= 0.6 is 22.7 Å². The van der Waals surface area contributed by atoms with Gasteiger partial charge in [-0.05, 0) is 87.0 Å². The Hall–Kier alpha value is -9.92. The van der Waals surface area contributed by atoms with Gasteiger partial charge in [-0.1, -0.05) is 140 Å². The van der Waals surface area contributed by atoms with Gasteiger partial charge in [0.25, 0.3) is 0 Å². The molecule has 0 saturated heterocycles. The number of carbonyl (C=O) groups excluding carboxylic acids is 8. The first kappa shape index (κ1) is 56.6. The van der Waals surface area contributed by atoms with Gasteiger partial charge in [-0.3, -0.25) is 38.4 Å². The van der Waals surface area contributed by atoms with E-state index in [4.69, 9.17) is 18.9 Å². The van der Waals surface area contributed by atoms with E-state index in [-0.39, 0.29) is 41.4 Å². The average Bonchev–Trinajstić information content (AvgIpc) is 1.50. The molecule has 0 fully saturated rings. The van der Waals surface area contributed by atoms with E-state index in [1.807, 2.05) is 0 Å². The van der Waals surface area contributed by atoms with Gasteiger partial charge in [0.15, 0.2) is 0 Å². The molecule has 8 aromatic rings. The molecule has 86 heavy (non-hydrogen) atoms. The Bertz CT molecular complexity index is 4250. The lowest BCUT2D eigenvalue weighted by Gasteiger charge is -2.30. The highest BCUT2D eigenvalue weighted by Gasteiger charge is 2.70. The summed E-state index contributed by atoms with van der Waals surface area (Å²) in [5.41, 5.74) is -10.5. The zero-order valence-corrected chi connectivity index (χ0v) is 45.8. The molecule has 2 heterocycles. The summed E-state index contributed by atoms with van der Waals surface area (Å²) >= 11 is 1.70. The Balaban J connectivity index is 1.13. The fourth-order valence-corrected chi connectivity index (χ4v) is 13.8. The average molecular weight is 1200 g/mol. The van der Waals surface area contributed by atoms with Crippen LogP contribution in [0.2, 0.25) is 0 Å². The highest BCUT2D eigenvalue weighted by Crippen LogP contribution is 2.66. The molecule has 0 amide bonds. The molecular weight excluding hydrogens is 1160 g/mol. The number of Topliss-reactive ketones (excluding diaryl/α,β-unsaturated/α-hetero) is 4. The maximum absolute atomic E-state index is 16.0. The fourth-order valence-electron chi connectivity index (χ4n) is 11.0. The molecule has 12 nitrogen and oxygen atoms in total. The van der Waals surface area contributed by atoms with Gasteiger partial charge in [-0.25, -0.2) is 0 Å². The number of thiophene rings is 2. The number of fused-ring (bicyclic) bond motifs is 6. The van der Waals surface area contributed by atoms with E-state index in [0.29, 0.717) is 40.5 Å². The summed E-state index contributed by atoms with van der Waals surface area (Å²) in [6.45, 7) is -2.00. The normalized spacial score (nSPS) is 16.5.